The number of amides is 3. The van der Waals surface area contributed by atoms with Crippen LogP contribution in [0.2, 0.25) is 5.02 Å². The van der Waals surface area contributed by atoms with Crippen molar-refractivity contribution in [3.05, 3.63) is 87.8 Å². The zero-order valence-corrected chi connectivity index (χ0v) is 30.2. The Kier molecular flexibility index (Phi) is 9.86. The number of imide groups is 1. The molecule has 3 saturated heterocycles. The molecule has 6 aliphatic rings. The van der Waals surface area contributed by atoms with Gasteiger partial charge in [0.25, 0.3) is 5.91 Å². The zero-order chi connectivity index (χ0) is 35.8. The SMILES string of the molecule is N#Cc1ccc(OC2CCC(N3NC=CC=C3N3CCC(CN4CC(Cc5ccc6c(c5)CN(C5CCC(=O)NC5=O)C6=O)C4)CC3)CC2)cc1Cl. The van der Waals surface area contributed by atoms with Crippen LogP contribution in [0.5, 0.6) is 5.75 Å². The van der Waals surface area contributed by atoms with Crippen LogP contribution in [0, 0.1) is 23.2 Å². The highest BCUT2D eigenvalue weighted by atomic mass is 35.5. The second-order valence-corrected chi connectivity index (χ2v) is 15.7. The average molecular weight is 724 g/mol. The number of nitrogens with zero attached hydrogens (tertiary/aromatic N) is 5. The van der Waals surface area contributed by atoms with Crippen molar-refractivity contribution in [3.63, 3.8) is 0 Å². The number of benzene rings is 2. The van der Waals surface area contributed by atoms with Crippen molar-refractivity contribution in [3.8, 4) is 11.8 Å². The van der Waals surface area contributed by atoms with Gasteiger partial charge in [-0.3, -0.25) is 24.7 Å². The lowest BCUT2D eigenvalue weighted by Crippen LogP contribution is -2.53. The third kappa shape index (κ3) is 7.24. The quantitative estimate of drug-likeness (QED) is 0.354. The van der Waals surface area contributed by atoms with Crippen LogP contribution < -0.4 is 15.5 Å². The highest BCUT2D eigenvalue weighted by Gasteiger charge is 2.40. The third-order valence-corrected chi connectivity index (χ3v) is 12.1. The van der Waals surface area contributed by atoms with Crippen molar-refractivity contribution < 1.29 is 19.1 Å². The molecule has 1 atom stereocenters. The van der Waals surface area contributed by atoms with E-state index < -0.39 is 6.04 Å². The van der Waals surface area contributed by atoms with Gasteiger partial charge in [0.05, 0.1) is 22.7 Å². The first-order chi connectivity index (χ1) is 25.3. The van der Waals surface area contributed by atoms with E-state index in [0.29, 0.717) is 47.0 Å². The van der Waals surface area contributed by atoms with Gasteiger partial charge in [-0.2, -0.15) is 5.26 Å². The molecule has 11 nitrogen and oxygen atoms in total. The number of hydrogen-bond donors (Lipinski definition) is 2. The molecule has 1 saturated carbocycles. The molecule has 3 amide bonds. The molecule has 2 aromatic rings. The van der Waals surface area contributed by atoms with Gasteiger partial charge in [0, 0.05) is 63.5 Å². The van der Waals surface area contributed by atoms with E-state index in [0.717, 1.165) is 76.1 Å². The van der Waals surface area contributed by atoms with Gasteiger partial charge in [0.15, 0.2) is 0 Å². The lowest BCUT2D eigenvalue weighted by molar-refractivity contribution is -0.136. The number of carbonyl (C=O) groups is 3. The molecule has 12 heteroatoms. The minimum absolute atomic E-state index is 0.113. The summed E-state index contributed by atoms with van der Waals surface area (Å²) in [6.45, 7) is 5.91. The van der Waals surface area contributed by atoms with E-state index in [1.54, 1.807) is 17.0 Å². The van der Waals surface area contributed by atoms with Crippen LogP contribution in [0.3, 0.4) is 0 Å². The van der Waals surface area contributed by atoms with Crippen LogP contribution in [0.15, 0.2) is 60.6 Å². The van der Waals surface area contributed by atoms with Crippen LogP contribution in [0.25, 0.3) is 0 Å². The summed E-state index contributed by atoms with van der Waals surface area (Å²) >= 11 is 6.22. The smallest absolute Gasteiger partial charge is 0.255 e. The third-order valence-electron chi connectivity index (χ3n) is 11.8. The molecule has 1 aliphatic carbocycles. The van der Waals surface area contributed by atoms with Gasteiger partial charge >= 0.3 is 0 Å². The molecule has 2 N–H and O–H groups in total. The lowest BCUT2D eigenvalue weighted by atomic mass is 9.88. The second kappa shape index (κ2) is 14.8. The largest absolute Gasteiger partial charge is 0.490 e. The summed E-state index contributed by atoms with van der Waals surface area (Å²) in [5, 5.41) is 14.3. The van der Waals surface area contributed by atoms with Gasteiger partial charge < -0.3 is 24.9 Å². The number of allylic oxidation sites excluding steroid dienone is 2. The minimum Gasteiger partial charge on any atom is -0.490 e. The van der Waals surface area contributed by atoms with Crippen molar-refractivity contribution >= 4 is 29.3 Å². The maximum atomic E-state index is 13.1. The Labute approximate surface area is 310 Å². The molecular weight excluding hydrogens is 678 g/mol. The normalized spacial score (nSPS) is 25.6. The Morgan fingerprint density at radius 2 is 1.75 bits per heavy atom. The highest BCUT2D eigenvalue weighted by Crippen LogP contribution is 2.34. The number of hydrazine groups is 1. The van der Waals surface area contributed by atoms with Crippen LogP contribution >= 0.6 is 11.6 Å². The van der Waals surface area contributed by atoms with E-state index in [1.165, 1.54) is 24.2 Å². The van der Waals surface area contributed by atoms with Gasteiger partial charge in [-0.05, 0) is 105 Å². The molecule has 52 heavy (non-hydrogen) atoms. The second-order valence-electron chi connectivity index (χ2n) is 15.3. The van der Waals surface area contributed by atoms with Crippen molar-refractivity contribution in [2.75, 3.05) is 32.7 Å². The molecule has 0 spiro atoms. The predicted octanol–water partition coefficient (Wildman–Crippen LogP) is 4.72. The number of hydrogen-bond acceptors (Lipinski definition) is 9. The van der Waals surface area contributed by atoms with Crippen LogP contribution in [0.4, 0.5) is 0 Å². The number of carbonyl (C=O) groups excluding carboxylic acids is 3. The van der Waals surface area contributed by atoms with Crippen LogP contribution in [-0.4, -0.2) is 88.3 Å². The number of rotatable bonds is 9. The fourth-order valence-corrected chi connectivity index (χ4v) is 9.19. The number of nitrogens with one attached hydrogen (secondary N) is 2. The van der Waals surface area contributed by atoms with Crippen molar-refractivity contribution in [1.82, 2.24) is 30.5 Å². The first-order valence-electron chi connectivity index (χ1n) is 18.8. The van der Waals surface area contributed by atoms with E-state index >= 15 is 0 Å². The van der Waals surface area contributed by atoms with E-state index in [2.05, 4.69) is 55.9 Å². The molecule has 0 bridgehead atoms. The minimum atomic E-state index is -0.575. The average Bonchev–Trinajstić information content (AvgIpc) is 3.46. The topological polar surface area (TPSA) is 121 Å². The molecular formula is C40H46ClN7O4. The number of piperidine rings is 2. The van der Waals surface area contributed by atoms with Gasteiger partial charge in [-0.15, -0.1) is 0 Å². The first-order valence-corrected chi connectivity index (χ1v) is 19.2. The van der Waals surface area contributed by atoms with Crippen molar-refractivity contribution in [1.29, 1.82) is 5.26 Å². The zero-order valence-electron chi connectivity index (χ0n) is 29.4. The maximum absolute atomic E-state index is 13.1. The van der Waals surface area contributed by atoms with E-state index in [1.807, 2.05) is 18.3 Å². The first kappa shape index (κ1) is 34.6. The standard InChI is InChI=1S/C40H46ClN7O4/c41-35-20-33(7-4-29(35)21-42)52-32-8-5-31(6-9-32)48-38(2-1-15-43-48)46-16-13-26(14-17-46)22-45-23-28(24-45)18-27-3-10-34-30(19-27)25-47(40(34)51)36-11-12-37(49)44-39(36)50/h1-4,7,10,15,19-20,26,28,31-32,36,43H,5-6,8-9,11-14,16-18,22-25H2,(H,44,49,50). The highest BCUT2D eigenvalue weighted by molar-refractivity contribution is 6.31. The Morgan fingerprint density at radius 1 is 0.942 bits per heavy atom. The van der Waals surface area contributed by atoms with E-state index in [9.17, 15) is 14.4 Å². The Hall–Kier alpha value is -4.53. The van der Waals surface area contributed by atoms with Crippen molar-refractivity contribution in [2.45, 2.75) is 82.5 Å². The van der Waals surface area contributed by atoms with Crippen molar-refractivity contribution in [2.24, 2.45) is 11.8 Å². The molecule has 0 aromatic heterocycles. The van der Waals surface area contributed by atoms with E-state index in [-0.39, 0.29) is 30.2 Å². The van der Waals surface area contributed by atoms with Crippen LogP contribution in [-0.2, 0) is 22.6 Å². The maximum Gasteiger partial charge on any atom is 0.255 e. The molecule has 5 heterocycles. The number of ether oxygens (including phenoxy) is 1. The number of fused-ring (bicyclic) bond motifs is 1. The van der Waals surface area contributed by atoms with Gasteiger partial charge in [-0.1, -0.05) is 23.7 Å². The molecule has 2 aromatic carbocycles. The lowest BCUT2D eigenvalue weighted by Gasteiger charge is -2.46. The summed E-state index contributed by atoms with van der Waals surface area (Å²) in [5.41, 5.74) is 6.92. The summed E-state index contributed by atoms with van der Waals surface area (Å²) in [6, 6.07) is 13.4. The Balaban J connectivity index is 0.766. The monoisotopic (exact) mass is 723 g/mol. The van der Waals surface area contributed by atoms with E-state index in [4.69, 9.17) is 21.6 Å². The summed E-state index contributed by atoms with van der Waals surface area (Å²) in [5.74, 6) is 2.56. The number of halogens is 1. The number of nitriles is 1. The molecule has 272 valence electrons. The Morgan fingerprint density at radius 3 is 2.50 bits per heavy atom. The predicted molar refractivity (Wildman–Crippen MR) is 195 cm³/mol. The summed E-state index contributed by atoms with van der Waals surface area (Å²) in [6.07, 6.45) is 14.5. The van der Waals surface area contributed by atoms with Crippen LogP contribution in [0.1, 0.15) is 78.4 Å². The molecule has 8 rings (SSSR count). The molecule has 0 radical (unpaired) electrons. The summed E-state index contributed by atoms with van der Waals surface area (Å²) in [7, 11) is 0. The summed E-state index contributed by atoms with van der Waals surface area (Å²) in [4.78, 5) is 43.8. The molecule has 1 unspecified atom stereocenters. The van der Waals surface area contributed by atoms with Gasteiger partial charge in [0.1, 0.15) is 23.7 Å². The number of likely N-dealkylation sites (tertiary alicyclic amines) is 2. The Bertz CT molecular complexity index is 1820. The summed E-state index contributed by atoms with van der Waals surface area (Å²) < 4.78 is 6.25. The molecule has 5 aliphatic heterocycles. The fraction of sp³-hybridized carbons (Fsp3) is 0.500. The van der Waals surface area contributed by atoms with Gasteiger partial charge in [0.2, 0.25) is 11.8 Å². The fourth-order valence-electron chi connectivity index (χ4n) is 8.98. The molecule has 4 fully saturated rings. The van der Waals surface area contributed by atoms with Gasteiger partial charge in [-0.25, -0.2) is 0 Å².